The van der Waals surface area contributed by atoms with Crippen LogP contribution in [0.3, 0.4) is 0 Å². The maximum atomic E-state index is 2.25. The molecule has 94 valence electrons. The highest BCUT2D eigenvalue weighted by molar-refractivity contribution is 7.13. The molecule has 19 heavy (non-hydrogen) atoms. The highest BCUT2D eigenvalue weighted by Crippen LogP contribution is 2.28. The molecule has 0 aliphatic heterocycles. The maximum absolute atomic E-state index is 2.25. The monoisotopic (exact) mass is 264 g/mol. The summed E-state index contributed by atoms with van der Waals surface area (Å²) in [6, 6.07) is 23.8. The molecule has 0 bridgehead atoms. The Labute approximate surface area is 118 Å². The molecule has 0 nitrogen and oxygen atoms in total. The summed E-state index contributed by atoms with van der Waals surface area (Å²) in [6.45, 7) is 0. The smallest absolute Gasteiger partial charge is 0.0345 e. The summed E-state index contributed by atoms with van der Waals surface area (Å²) < 4.78 is 0. The normalized spacial score (nSPS) is 10.5. The number of thiophene rings is 1. The van der Waals surface area contributed by atoms with Crippen LogP contribution in [0.15, 0.2) is 72.1 Å². The average Bonchev–Trinajstić information content (AvgIpc) is 3.01. The van der Waals surface area contributed by atoms with E-state index in [9.17, 15) is 0 Å². The molecule has 0 aliphatic carbocycles. The molecule has 0 radical (unpaired) electrons. The Bertz CT molecular complexity index is 624. The third-order valence-corrected chi connectivity index (χ3v) is 4.23. The van der Waals surface area contributed by atoms with Crippen molar-refractivity contribution in [1.29, 1.82) is 0 Å². The number of benzene rings is 2. The standard InChI is InChI=1S/C18H16S/c1-2-7-15(8-3-1)12-13-16-9-4-5-10-17(16)18-11-6-14-19-18/h1-11,14H,12-13H2. The third-order valence-electron chi connectivity index (χ3n) is 3.33. The lowest BCUT2D eigenvalue weighted by molar-refractivity contribution is 0.963. The van der Waals surface area contributed by atoms with E-state index in [2.05, 4.69) is 72.1 Å². The van der Waals surface area contributed by atoms with Gasteiger partial charge in [-0.2, -0.15) is 0 Å². The zero-order valence-electron chi connectivity index (χ0n) is 10.8. The van der Waals surface area contributed by atoms with Crippen LogP contribution in [0.2, 0.25) is 0 Å². The van der Waals surface area contributed by atoms with Crippen molar-refractivity contribution in [2.75, 3.05) is 0 Å². The van der Waals surface area contributed by atoms with Crippen LogP contribution in [-0.4, -0.2) is 0 Å². The van der Waals surface area contributed by atoms with E-state index in [1.54, 1.807) is 0 Å². The lowest BCUT2D eigenvalue weighted by Crippen LogP contribution is -1.93. The van der Waals surface area contributed by atoms with Gasteiger partial charge in [-0.1, -0.05) is 60.7 Å². The van der Waals surface area contributed by atoms with E-state index < -0.39 is 0 Å². The zero-order valence-corrected chi connectivity index (χ0v) is 11.6. The Morgan fingerprint density at radius 2 is 1.47 bits per heavy atom. The fourth-order valence-electron chi connectivity index (χ4n) is 2.33. The first-order chi connectivity index (χ1) is 9.43. The van der Waals surface area contributed by atoms with Gasteiger partial charge >= 0.3 is 0 Å². The second-order valence-electron chi connectivity index (χ2n) is 4.62. The molecule has 3 rings (SSSR count). The van der Waals surface area contributed by atoms with Crippen molar-refractivity contribution in [3.8, 4) is 10.4 Å². The van der Waals surface area contributed by atoms with Crippen LogP contribution in [0.4, 0.5) is 0 Å². The van der Waals surface area contributed by atoms with E-state index >= 15 is 0 Å². The van der Waals surface area contributed by atoms with Crippen LogP contribution in [0.5, 0.6) is 0 Å². The molecule has 1 heterocycles. The summed E-state index contributed by atoms with van der Waals surface area (Å²) in [6.07, 6.45) is 2.20. The number of hydrogen-bond acceptors (Lipinski definition) is 1. The average molecular weight is 264 g/mol. The first kappa shape index (κ1) is 12.2. The molecule has 0 atom stereocenters. The summed E-state index contributed by atoms with van der Waals surface area (Å²) in [4.78, 5) is 1.36. The lowest BCUT2D eigenvalue weighted by atomic mass is 9.99. The number of rotatable bonds is 4. The van der Waals surface area contributed by atoms with Crippen LogP contribution in [-0.2, 0) is 12.8 Å². The molecule has 0 unspecified atom stereocenters. The molecule has 0 N–H and O–H groups in total. The van der Waals surface area contributed by atoms with Gasteiger partial charge in [-0.3, -0.25) is 0 Å². The number of aryl methyl sites for hydroxylation is 2. The van der Waals surface area contributed by atoms with Crippen LogP contribution in [0.25, 0.3) is 10.4 Å². The SMILES string of the molecule is c1ccc(CCc2ccccc2-c2cccs2)cc1. The second kappa shape index (κ2) is 5.85. The van der Waals surface area contributed by atoms with Crippen LogP contribution >= 0.6 is 11.3 Å². The Kier molecular flexibility index (Phi) is 3.75. The Hall–Kier alpha value is -1.86. The van der Waals surface area contributed by atoms with Gasteiger partial charge in [0.25, 0.3) is 0 Å². The quantitative estimate of drug-likeness (QED) is 0.607. The third kappa shape index (κ3) is 2.94. The van der Waals surface area contributed by atoms with Crippen molar-refractivity contribution in [3.63, 3.8) is 0 Å². The number of hydrogen-bond donors (Lipinski definition) is 0. The topological polar surface area (TPSA) is 0 Å². The van der Waals surface area contributed by atoms with E-state index in [0.29, 0.717) is 0 Å². The summed E-state index contributed by atoms with van der Waals surface area (Å²) in [5.74, 6) is 0. The molecular weight excluding hydrogens is 248 g/mol. The van der Waals surface area contributed by atoms with Gasteiger partial charge in [0, 0.05) is 4.88 Å². The minimum Gasteiger partial charge on any atom is -0.144 e. The fourth-order valence-corrected chi connectivity index (χ4v) is 3.12. The molecule has 0 aliphatic rings. The van der Waals surface area contributed by atoms with Crippen molar-refractivity contribution in [1.82, 2.24) is 0 Å². The van der Waals surface area contributed by atoms with Crippen LogP contribution in [0.1, 0.15) is 11.1 Å². The summed E-state index contributed by atoms with van der Waals surface area (Å²) >= 11 is 1.81. The van der Waals surface area contributed by atoms with E-state index in [-0.39, 0.29) is 0 Å². The first-order valence-corrected chi connectivity index (χ1v) is 7.47. The first-order valence-electron chi connectivity index (χ1n) is 6.59. The molecule has 1 heteroatoms. The van der Waals surface area contributed by atoms with Crippen LogP contribution in [0, 0.1) is 0 Å². The van der Waals surface area contributed by atoms with E-state index in [0.717, 1.165) is 12.8 Å². The van der Waals surface area contributed by atoms with Gasteiger partial charge in [0.1, 0.15) is 0 Å². The van der Waals surface area contributed by atoms with Crippen molar-refractivity contribution < 1.29 is 0 Å². The van der Waals surface area contributed by atoms with Gasteiger partial charge in [0.15, 0.2) is 0 Å². The Balaban J connectivity index is 1.82. The minimum absolute atomic E-state index is 1.10. The van der Waals surface area contributed by atoms with E-state index in [1.165, 1.54) is 21.6 Å². The molecule has 2 aromatic carbocycles. The summed E-state index contributed by atoms with van der Waals surface area (Å²) in [5, 5.41) is 2.14. The summed E-state index contributed by atoms with van der Waals surface area (Å²) in [7, 11) is 0. The molecule has 0 amide bonds. The highest BCUT2D eigenvalue weighted by Gasteiger charge is 2.05. The zero-order chi connectivity index (χ0) is 12.9. The van der Waals surface area contributed by atoms with Gasteiger partial charge in [-0.25, -0.2) is 0 Å². The molecule has 1 aromatic heterocycles. The van der Waals surface area contributed by atoms with Crippen molar-refractivity contribution >= 4 is 11.3 Å². The van der Waals surface area contributed by atoms with Crippen molar-refractivity contribution in [2.45, 2.75) is 12.8 Å². The Morgan fingerprint density at radius 3 is 2.26 bits per heavy atom. The van der Waals surface area contributed by atoms with Gasteiger partial charge in [-0.15, -0.1) is 11.3 Å². The minimum atomic E-state index is 1.10. The molecule has 0 fully saturated rings. The fraction of sp³-hybridized carbons (Fsp3) is 0.111. The van der Waals surface area contributed by atoms with Gasteiger partial charge in [0.2, 0.25) is 0 Å². The lowest BCUT2D eigenvalue weighted by Gasteiger charge is -2.08. The largest absolute Gasteiger partial charge is 0.144 e. The van der Waals surface area contributed by atoms with Crippen molar-refractivity contribution in [2.24, 2.45) is 0 Å². The van der Waals surface area contributed by atoms with E-state index in [1.807, 2.05) is 11.3 Å². The predicted molar refractivity (Wildman–Crippen MR) is 83.6 cm³/mol. The Morgan fingerprint density at radius 1 is 0.684 bits per heavy atom. The molecule has 0 saturated carbocycles. The molecule has 0 spiro atoms. The van der Waals surface area contributed by atoms with Gasteiger partial charge in [-0.05, 0) is 41.0 Å². The molecule has 3 aromatic rings. The van der Waals surface area contributed by atoms with E-state index in [4.69, 9.17) is 0 Å². The maximum Gasteiger partial charge on any atom is 0.0345 e. The molecular formula is C18H16S. The highest BCUT2D eigenvalue weighted by atomic mass is 32.1. The predicted octanol–water partition coefficient (Wildman–Crippen LogP) is 5.20. The summed E-state index contributed by atoms with van der Waals surface area (Å²) in [5.41, 5.74) is 4.23. The van der Waals surface area contributed by atoms with Gasteiger partial charge < -0.3 is 0 Å². The van der Waals surface area contributed by atoms with Crippen LogP contribution < -0.4 is 0 Å². The van der Waals surface area contributed by atoms with Gasteiger partial charge in [0.05, 0.1) is 0 Å². The molecule has 0 saturated heterocycles. The van der Waals surface area contributed by atoms with Crippen molar-refractivity contribution in [3.05, 3.63) is 83.2 Å². The second-order valence-corrected chi connectivity index (χ2v) is 5.57.